The molecule has 0 radical (unpaired) electrons. The van der Waals surface area contributed by atoms with Crippen molar-refractivity contribution in [1.29, 1.82) is 0 Å². The van der Waals surface area contributed by atoms with Gasteiger partial charge in [-0.15, -0.1) is 0 Å². The number of carbonyl (C=O) groups is 1. The second kappa shape index (κ2) is 7.22. The summed E-state index contributed by atoms with van der Waals surface area (Å²) in [5, 5.41) is 3.44. The summed E-state index contributed by atoms with van der Waals surface area (Å²) in [4.78, 5) is 16.5. The van der Waals surface area contributed by atoms with Crippen LogP contribution in [0.3, 0.4) is 0 Å². The molecule has 5 heteroatoms. The number of hydrogen-bond acceptors (Lipinski definition) is 4. The number of nitrogens with zero attached hydrogens (tertiary/aromatic N) is 2. The maximum Gasteiger partial charge on any atom is 0.239 e. The Hall–Kier alpha value is -0.650. The summed E-state index contributed by atoms with van der Waals surface area (Å²) >= 11 is 0. The molecule has 110 valence electrons. The zero-order chi connectivity index (χ0) is 13.7. The number of likely N-dealkylation sites (tertiary alicyclic amines) is 2. The predicted molar refractivity (Wildman–Crippen MR) is 75.1 cm³/mol. The smallest absolute Gasteiger partial charge is 0.239 e. The fourth-order valence-electron chi connectivity index (χ4n) is 3.21. The molecule has 0 bridgehead atoms. The van der Waals surface area contributed by atoms with Crippen LogP contribution in [0.4, 0.5) is 0 Å². The summed E-state index contributed by atoms with van der Waals surface area (Å²) in [6.07, 6.45) is 4.70. The highest BCUT2D eigenvalue weighted by molar-refractivity contribution is 5.83. The van der Waals surface area contributed by atoms with E-state index in [-0.39, 0.29) is 6.04 Å². The maximum absolute atomic E-state index is 12.2. The second-order valence-electron chi connectivity index (χ2n) is 5.65. The number of rotatable bonds is 6. The minimum Gasteiger partial charge on any atom is -0.383 e. The van der Waals surface area contributed by atoms with Crippen LogP contribution in [0.15, 0.2) is 0 Å². The lowest BCUT2D eigenvalue weighted by molar-refractivity contribution is -0.132. The number of nitrogens with one attached hydrogen (secondary N) is 1. The minimum atomic E-state index is 0.125. The Morgan fingerprint density at radius 3 is 2.84 bits per heavy atom. The van der Waals surface area contributed by atoms with E-state index in [2.05, 4.69) is 10.2 Å². The van der Waals surface area contributed by atoms with Crippen LogP contribution in [-0.4, -0.2) is 74.7 Å². The van der Waals surface area contributed by atoms with Crippen molar-refractivity contribution in [2.75, 3.05) is 46.9 Å². The lowest BCUT2D eigenvalue weighted by Crippen LogP contribution is -2.53. The van der Waals surface area contributed by atoms with Crippen LogP contribution in [0.2, 0.25) is 0 Å². The first-order chi connectivity index (χ1) is 9.24. The highest BCUT2D eigenvalue weighted by atomic mass is 16.5. The van der Waals surface area contributed by atoms with Gasteiger partial charge < -0.3 is 15.0 Å². The van der Waals surface area contributed by atoms with E-state index in [1.165, 1.54) is 19.3 Å². The fraction of sp³-hybridized carbons (Fsp3) is 0.929. The standard InChI is InChI=1S/C14H27N3O2/c1-16-9-6-13(14(16)18)17-8-4-3-5-12(17)11-15-7-10-19-2/h12-13,15H,3-11H2,1-2H3. The molecule has 2 unspecified atom stereocenters. The van der Waals surface area contributed by atoms with Crippen molar-refractivity contribution >= 4 is 5.91 Å². The maximum atomic E-state index is 12.2. The quantitative estimate of drug-likeness (QED) is 0.705. The summed E-state index contributed by atoms with van der Waals surface area (Å²) in [6, 6.07) is 0.630. The first kappa shape index (κ1) is 14.8. The summed E-state index contributed by atoms with van der Waals surface area (Å²) < 4.78 is 5.05. The van der Waals surface area contributed by atoms with Gasteiger partial charge in [-0.3, -0.25) is 9.69 Å². The molecular formula is C14H27N3O2. The Balaban J connectivity index is 1.87. The summed E-state index contributed by atoms with van der Waals surface area (Å²) in [7, 11) is 3.64. The Morgan fingerprint density at radius 2 is 2.16 bits per heavy atom. The van der Waals surface area contributed by atoms with Crippen molar-refractivity contribution in [3.05, 3.63) is 0 Å². The average molecular weight is 269 g/mol. The molecule has 2 rings (SSSR count). The molecule has 19 heavy (non-hydrogen) atoms. The largest absolute Gasteiger partial charge is 0.383 e. The minimum absolute atomic E-state index is 0.125. The number of methoxy groups -OCH3 is 1. The van der Waals surface area contributed by atoms with Crippen LogP contribution in [0.5, 0.6) is 0 Å². The van der Waals surface area contributed by atoms with Gasteiger partial charge in [-0.25, -0.2) is 0 Å². The van der Waals surface area contributed by atoms with Gasteiger partial charge in [0.15, 0.2) is 0 Å². The molecule has 5 nitrogen and oxygen atoms in total. The summed E-state index contributed by atoms with van der Waals surface area (Å²) in [6.45, 7) is 4.58. The molecule has 0 aromatic rings. The Morgan fingerprint density at radius 1 is 1.32 bits per heavy atom. The first-order valence-electron chi connectivity index (χ1n) is 7.44. The third kappa shape index (κ3) is 3.68. The molecule has 2 aliphatic rings. The van der Waals surface area contributed by atoms with E-state index >= 15 is 0 Å². The molecule has 0 aromatic carbocycles. The van der Waals surface area contributed by atoms with E-state index in [9.17, 15) is 4.79 Å². The molecule has 2 fully saturated rings. The Bertz CT molecular complexity index is 298. The van der Waals surface area contributed by atoms with E-state index in [1.54, 1.807) is 7.11 Å². The van der Waals surface area contributed by atoms with Gasteiger partial charge in [0.05, 0.1) is 12.6 Å². The predicted octanol–water partition coefficient (Wildman–Crippen LogP) is 0.308. The van der Waals surface area contributed by atoms with Crippen molar-refractivity contribution in [1.82, 2.24) is 15.1 Å². The van der Waals surface area contributed by atoms with Crippen LogP contribution in [0, 0.1) is 0 Å². The third-order valence-corrected chi connectivity index (χ3v) is 4.34. The van der Waals surface area contributed by atoms with Crippen LogP contribution < -0.4 is 5.32 Å². The Labute approximate surface area is 116 Å². The monoisotopic (exact) mass is 269 g/mol. The van der Waals surface area contributed by atoms with Crippen LogP contribution in [0.1, 0.15) is 25.7 Å². The van der Waals surface area contributed by atoms with Gasteiger partial charge >= 0.3 is 0 Å². The molecule has 0 aromatic heterocycles. The average Bonchev–Trinajstić information content (AvgIpc) is 2.76. The van der Waals surface area contributed by atoms with Crippen molar-refractivity contribution < 1.29 is 9.53 Å². The fourth-order valence-corrected chi connectivity index (χ4v) is 3.21. The zero-order valence-electron chi connectivity index (χ0n) is 12.2. The molecule has 1 N–H and O–H groups in total. The van der Waals surface area contributed by atoms with Crippen LogP contribution >= 0.6 is 0 Å². The summed E-state index contributed by atoms with van der Waals surface area (Å²) in [5.74, 6) is 0.309. The first-order valence-corrected chi connectivity index (χ1v) is 7.44. The van der Waals surface area contributed by atoms with E-state index in [4.69, 9.17) is 4.74 Å². The van der Waals surface area contributed by atoms with Crippen molar-refractivity contribution in [3.63, 3.8) is 0 Å². The summed E-state index contributed by atoms with van der Waals surface area (Å²) in [5.41, 5.74) is 0. The molecule has 0 spiro atoms. The normalized spacial score (nSPS) is 29.2. The van der Waals surface area contributed by atoms with E-state index in [0.29, 0.717) is 11.9 Å². The van der Waals surface area contributed by atoms with Gasteiger partial charge in [0, 0.05) is 39.8 Å². The van der Waals surface area contributed by atoms with Crippen molar-refractivity contribution in [2.45, 2.75) is 37.8 Å². The molecule has 2 heterocycles. The van der Waals surface area contributed by atoms with Gasteiger partial charge in [-0.1, -0.05) is 6.42 Å². The molecule has 2 saturated heterocycles. The van der Waals surface area contributed by atoms with Gasteiger partial charge in [0.2, 0.25) is 5.91 Å². The molecular weight excluding hydrogens is 242 g/mol. The molecule has 0 saturated carbocycles. The molecule has 1 amide bonds. The van der Waals surface area contributed by atoms with Gasteiger partial charge in [-0.2, -0.15) is 0 Å². The topological polar surface area (TPSA) is 44.8 Å². The highest BCUT2D eigenvalue weighted by Crippen LogP contribution is 2.24. The Kier molecular flexibility index (Phi) is 5.60. The van der Waals surface area contributed by atoms with E-state index in [1.807, 2.05) is 11.9 Å². The van der Waals surface area contributed by atoms with Gasteiger partial charge in [0.1, 0.15) is 0 Å². The number of ether oxygens (including phenoxy) is 1. The number of likely N-dealkylation sites (N-methyl/N-ethyl adjacent to an activating group) is 1. The lowest BCUT2D eigenvalue weighted by atomic mass is 9.99. The highest BCUT2D eigenvalue weighted by Gasteiger charge is 2.37. The number of piperidine rings is 1. The second-order valence-corrected chi connectivity index (χ2v) is 5.65. The number of hydrogen-bond donors (Lipinski definition) is 1. The lowest BCUT2D eigenvalue weighted by Gasteiger charge is -2.39. The van der Waals surface area contributed by atoms with E-state index in [0.717, 1.165) is 39.2 Å². The molecule has 0 aliphatic carbocycles. The number of carbonyl (C=O) groups excluding carboxylic acids is 1. The number of amides is 1. The molecule has 2 atom stereocenters. The van der Waals surface area contributed by atoms with Crippen molar-refractivity contribution in [3.8, 4) is 0 Å². The zero-order valence-corrected chi connectivity index (χ0v) is 12.2. The third-order valence-electron chi connectivity index (χ3n) is 4.34. The van der Waals surface area contributed by atoms with Crippen molar-refractivity contribution in [2.24, 2.45) is 0 Å². The SMILES string of the molecule is COCCNCC1CCCCN1C1CCN(C)C1=O. The van der Waals surface area contributed by atoms with Gasteiger partial charge in [0.25, 0.3) is 0 Å². The van der Waals surface area contributed by atoms with E-state index < -0.39 is 0 Å². The molecule has 2 aliphatic heterocycles. The van der Waals surface area contributed by atoms with Crippen LogP contribution in [-0.2, 0) is 9.53 Å². The van der Waals surface area contributed by atoms with Crippen LogP contribution in [0.25, 0.3) is 0 Å². The van der Waals surface area contributed by atoms with Gasteiger partial charge in [-0.05, 0) is 25.8 Å².